The summed E-state index contributed by atoms with van der Waals surface area (Å²) < 4.78 is 1.21. The summed E-state index contributed by atoms with van der Waals surface area (Å²) in [7, 11) is 0. The molecular formula is C14H14INO2. The third-order valence-corrected chi connectivity index (χ3v) is 4.52. The summed E-state index contributed by atoms with van der Waals surface area (Å²) in [6.07, 6.45) is 5.12. The number of hydrogen-bond acceptors (Lipinski definition) is 2. The maximum atomic E-state index is 11.4. The molecule has 18 heavy (non-hydrogen) atoms. The summed E-state index contributed by atoms with van der Waals surface area (Å²) in [4.78, 5) is 11.4. The Hall–Kier alpha value is -1.04. The first kappa shape index (κ1) is 12.0. The zero-order valence-electron chi connectivity index (χ0n) is 9.98. The molecule has 0 amide bonds. The molecule has 3 atom stereocenters. The van der Waals surface area contributed by atoms with Crippen LogP contribution in [0, 0.1) is 16.4 Å². The lowest BCUT2D eigenvalue weighted by atomic mass is 9.78. The topological polar surface area (TPSA) is 49.3 Å². The highest BCUT2D eigenvalue weighted by atomic mass is 127. The van der Waals surface area contributed by atoms with Gasteiger partial charge in [0.15, 0.2) is 0 Å². The fraction of sp³-hybridized carbons (Fsp3) is 0.357. The summed E-state index contributed by atoms with van der Waals surface area (Å²) >= 11 is 2.32. The average molecular weight is 355 g/mol. The second kappa shape index (κ2) is 4.26. The van der Waals surface area contributed by atoms with Gasteiger partial charge in [-0.25, -0.2) is 4.79 Å². The van der Waals surface area contributed by atoms with Gasteiger partial charge in [0.25, 0.3) is 0 Å². The zero-order chi connectivity index (χ0) is 12.9. The van der Waals surface area contributed by atoms with E-state index >= 15 is 0 Å². The third kappa shape index (κ3) is 1.74. The number of hydrogen-bond donors (Lipinski definition) is 2. The predicted octanol–water partition coefficient (Wildman–Crippen LogP) is 3.14. The van der Waals surface area contributed by atoms with E-state index in [1.807, 2.05) is 6.92 Å². The summed E-state index contributed by atoms with van der Waals surface area (Å²) in [6, 6.07) is 3.78. The Balaban J connectivity index is 2.14. The van der Waals surface area contributed by atoms with Gasteiger partial charge in [-0.15, -0.1) is 0 Å². The Bertz CT molecular complexity index is 553. The van der Waals surface area contributed by atoms with Gasteiger partial charge >= 0.3 is 5.97 Å². The first-order valence-electron chi connectivity index (χ1n) is 6.04. The van der Waals surface area contributed by atoms with Crippen molar-refractivity contribution >= 4 is 34.2 Å². The monoisotopic (exact) mass is 355 g/mol. The minimum atomic E-state index is -0.752. The second-order valence-corrected chi connectivity index (χ2v) is 6.25. The van der Waals surface area contributed by atoms with Crippen LogP contribution in [0.25, 0.3) is 0 Å². The highest BCUT2D eigenvalue weighted by Gasteiger charge is 2.41. The molecule has 0 fully saturated rings. The fourth-order valence-electron chi connectivity index (χ4n) is 3.09. The number of allylic oxidation sites excluding steroid dienone is 2. The second-order valence-electron chi connectivity index (χ2n) is 5.00. The molecule has 3 rings (SSSR count). The molecule has 0 radical (unpaired) electrons. The van der Waals surface area contributed by atoms with Crippen molar-refractivity contribution in [2.75, 3.05) is 5.32 Å². The SMILES string of the molecule is Cc1cc(I)cc2c1N[C@H](C(=O)O)[C@@H]1CC=C[C@@H]21. The number of aliphatic carboxylic acids is 1. The van der Waals surface area contributed by atoms with Crippen molar-refractivity contribution in [1.82, 2.24) is 0 Å². The van der Waals surface area contributed by atoms with Crippen molar-refractivity contribution in [3.05, 3.63) is 39.0 Å². The number of carbonyl (C=O) groups is 1. The van der Waals surface area contributed by atoms with Gasteiger partial charge in [0, 0.05) is 21.1 Å². The van der Waals surface area contributed by atoms with Crippen LogP contribution in [0.4, 0.5) is 5.69 Å². The Labute approximate surface area is 119 Å². The molecule has 0 saturated carbocycles. The quantitative estimate of drug-likeness (QED) is 0.601. The van der Waals surface area contributed by atoms with Crippen LogP contribution in [-0.4, -0.2) is 17.1 Å². The molecule has 0 spiro atoms. The van der Waals surface area contributed by atoms with Crippen molar-refractivity contribution < 1.29 is 9.90 Å². The van der Waals surface area contributed by atoms with Gasteiger partial charge in [-0.1, -0.05) is 12.2 Å². The lowest BCUT2D eigenvalue weighted by Crippen LogP contribution is -2.42. The van der Waals surface area contributed by atoms with E-state index < -0.39 is 12.0 Å². The Morgan fingerprint density at radius 2 is 2.28 bits per heavy atom. The van der Waals surface area contributed by atoms with Crippen LogP contribution >= 0.6 is 22.6 Å². The van der Waals surface area contributed by atoms with E-state index in [1.165, 1.54) is 9.13 Å². The van der Waals surface area contributed by atoms with E-state index in [2.05, 4.69) is 52.2 Å². The van der Waals surface area contributed by atoms with E-state index in [4.69, 9.17) is 0 Å². The molecular weight excluding hydrogens is 341 g/mol. The molecule has 94 valence electrons. The molecule has 1 heterocycles. The number of halogens is 1. The third-order valence-electron chi connectivity index (χ3n) is 3.90. The first-order chi connectivity index (χ1) is 8.58. The lowest BCUT2D eigenvalue weighted by Gasteiger charge is -2.35. The Morgan fingerprint density at radius 1 is 1.50 bits per heavy atom. The van der Waals surface area contributed by atoms with Crippen LogP contribution < -0.4 is 5.32 Å². The molecule has 2 N–H and O–H groups in total. The van der Waals surface area contributed by atoms with Gasteiger partial charge in [0.05, 0.1) is 0 Å². The van der Waals surface area contributed by atoms with Crippen molar-refractivity contribution in [2.45, 2.75) is 25.3 Å². The van der Waals surface area contributed by atoms with Crippen molar-refractivity contribution in [3.63, 3.8) is 0 Å². The number of anilines is 1. The minimum absolute atomic E-state index is 0.146. The van der Waals surface area contributed by atoms with Crippen molar-refractivity contribution in [1.29, 1.82) is 0 Å². The van der Waals surface area contributed by atoms with Crippen LogP contribution in [0.2, 0.25) is 0 Å². The van der Waals surface area contributed by atoms with E-state index in [0.29, 0.717) is 0 Å². The summed E-state index contributed by atoms with van der Waals surface area (Å²) in [5.74, 6) is -0.360. The smallest absolute Gasteiger partial charge is 0.326 e. The average Bonchev–Trinajstić information content (AvgIpc) is 2.76. The molecule has 2 aliphatic rings. The van der Waals surface area contributed by atoms with E-state index in [9.17, 15) is 9.90 Å². The van der Waals surface area contributed by atoms with Gasteiger partial charge in [-0.3, -0.25) is 0 Å². The van der Waals surface area contributed by atoms with Crippen LogP contribution in [0.1, 0.15) is 23.5 Å². The highest BCUT2D eigenvalue weighted by molar-refractivity contribution is 14.1. The molecule has 1 aromatic rings. The minimum Gasteiger partial charge on any atom is -0.480 e. The molecule has 0 bridgehead atoms. The van der Waals surface area contributed by atoms with E-state index in [-0.39, 0.29) is 11.8 Å². The zero-order valence-corrected chi connectivity index (χ0v) is 12.1. The van der Waals surface area contributed by atoms with E-state index in [1.54, 1.807) is 0 Å². The van der Waals surface area contributed by atoms with E-state index in [0.717, 1.165) is 17.7 Å². The lowest BCUT2D eigenvalue weighted by molar-refractivity contribution is -0.139. The predicted molar refractivity (Wildman–Crippen MR) is 78.9 cm³/mol. The van der Waals surface area contributed by atoms with Crippen LogP contribution in [0.5, 0.6) is 0 Å². The normalized spacial score (nSPS) is 28.4. The molecule has 3 nitrogen and oxygen atoms in total. The molecule has 1 aliphatic carbocycles. The number of carboxylic acid groups (broad SMARTS) is 1. The van der Waals surface area contributed by atoms with Gasteiger partial charge in [-0.05, 0) is 59.2 Å². The molecule has 0 saturated heterocycles. The van der Waals surface area contributed by atoms with Gasteiger partial charge < -0.3 is 10.4 Å². The fourth-order valence-corrected chi connectivity index (χ4v) is 3.89. The van der Waals surface area contributed by atoms with Gasteiger partial charge in [0.2, 0.25) is 0 Å². The van der Waals surface area contributed by atoms with Gasteiger partial charge in [-0.2, -0.15) is 0 Å². The summed E-state index contributed by atoms with van der Waals surface area (Å²) in [5.41, 5.74) is 3.38. The first-order valence-corrected chi connectivity index (χ1v) is 7.12. The maximum Gasteiger partial charge on any atom is 0.326 e. The summed E-state index contributed by atoms with van der Waals surface area (Å²) in [5, 5.41) is 12.6. The number of carboxylic acids is 1. The number of aryl methyl sites for hydroxylation is 1. The van der Waals surface area contributed by atoms with Crippen LogP contribution in [0.3, 0.4) is 0 Å². The molecule has 0 unspecified atom stereocenters. The molecule has 0 aromatic heterocycles. The number of nitrogens with one attached hydrogen (secondary N) is 1. The van der Waals surface area contributed by atoms with Gasteiger partial charge in [0.1, 0.15) is 6.04 Å². The molecule has 4 heteroatoms. The van der Waals surface area contributed by atoms with Crippen molar-refractivity contribution in [2.24, 2.45) is 5.92 Å². The Kier molecular flexibility index (Phi) is 2.84. The summed E-state index contributed by atoms with van der Waals surface area (Å²) in [6.45, 7) is 2.03. The largest absolute Gasteiger partial charge is 0.480 e. The van der Waals surface area contributed by atoms with Crippen LogP contribution in [0.15, 0.2) is 24.3 Å². The van der Waals surface area contributed by atoms with Crippen molar-refractivity contribution in [3.8, 4) is 0 Å². The maximum absolute atomic E-state index is 11.4. The molecule has 1 aliphatic heterocycles. The Morgan fingerprint density at radius 3 is 3.00 bits per heavy atom. The number of fused-ring (bicyclic) bond motifs is 3. The standard InChI is InChI=1S/C14H14INO2/c1-7-5-8(15)6-11-9-3-2-4-10(9)13(14(17)18)16-12(7)11/h2-3,5-6,9-10,13,16H,4H2,1H3,(H,17,18)/t9-,10-,13+/m1/s1. The number of rotatable bonds is 1. The number of benzene rings is 1. The highest BCUT2D eigenvalue weighted by Crippen LogP contribution is 2.46. The van der Waals surface area contributed by atoms with Crippen LogP contribution in [-0.2, 0) is 4.79 Å². The molecule has 1 aromatic carbocycles.